The molecule has 1 aliphatic heterocycles. The Bertz CT molecular complexity index is 1480. The summed E-state index contributed by atoms with van der Waals surface area (Å²) in [5.74, 6) is 0.487. The van der Waals surface area contributed by atoms with E-state index in [-0.39, 0.29) is 42.4 Å². The molecule has 0 spiro atoms. The fourth-order valence-corrected chi connectivity index (χ4v) is 9.21. The molecular weight excluding hydrogens is 562 g/mol. The van der Waals surface area contributed by atoms with Gasteiger partial charge in [0.2, 0.25) is 5.91 Å². The second-order valence-electron chi connectivity index (χ2n) is 11.0. The largest absolute Gasteiger partial charge is 0.354 e. The van der Waals surface area contributed by atoms with Gasteiger partial charge in [0.15, 0.2) is 5.82 Å². The highest BCUT2D eigenvalue weighted by atomic mass is 32.1. The zero-order valence-electron chi connectivity index (χ0n) is 23.0. The predicted octanol–water partition coefficient (Wildman–Crippen LogP) is 1.36. The van der Waals surface area contributed by atoms with E-state index in [9.17, 15) is 19.6 Å². The maximum absolute atomic E-state index is 13.2. The molecule has 4 N–H and O–H groups in total. The number of carbonyl (C=O) groups excluding carboxylic acids is 3. The van der Waals surface area contributed by atoms with E-state index in [0.29, 0.717) is 40.8 Å². The van der Waals surface area contributed by atoms with Crippen LogP contribution in [0, 0.1) is 17.2 Å². The fraction of sp³-hybridized carbons (Fsp3) is 0.519. The molecule has 3 aliphatic rings. The molecule has 1 saturated carbocycles. The maximum atomic E-state index is 13.2. The zero-order valence-corrected chi connectivity index (χ0v) is 24.6. The number of carbonyl (C=O) groups is 3. The SMILES string of the molecule is CNC(=O)c1cc2c(s1)C(C[C@@H](C)NCC(=O)N1[C@H](C#N)C[C@@H]3C[C@@H]31)(c1nn[nH]n1)c1sc(C(=O)NC)cc1CC2. The molecule has 0 bridgehead atoms. The first-order valence-corrected chi connectivity index (χ1v) is 15.3. The molecule has 4 atom stereocenters. The number of hydrogen-bond donors (Lipinski definition) is 4. The highest BCUT2D eigenvalue weighted by molar-refractivity contribution is 7.16. The number of H-pyrrole nitrogens is 1. The van der Waals surface area contributed by atoms with Gasteiger partial charge in [-0.2, -0.15) is 10.5 Å². The van der Waals surface area contributed by atoms with Crippen LogP contribution in [0.5, 0.6) is 0 Å². The number of nitrogens with zero attached hydrogens (tertiary/aromatic N) is 5. The number of hydrogen-bond acceptors (Lipinski definition) is 10. The minimum atomic E-state index is -0.915. The van der Waals surface area contributed by atoms with Crippen LogP contribution in [-0.4, -0.2) is 82.0 Å². The summed E-state index contributed by atoms with van der Waals surface area (Å²) in [7, 11) is 3.22. The van der Waals surface area contributed by atoms with Gasteiger partial charge in [0.1, 0.15) is 11.5 Å². The topological polar surface area (TPSA) is 169 Å². The number of nitrogens with one attached hydrogen (secondary N) is 4. The van der Waals surface area contributed by atoms with Gasteiger partial charge in [-0.25, -0.2) is 0 Å². The number of thiophene rings is 2. The van der Waals surface area contributed by atoms with Crippen LogP contribution in [0.15, 0.2) is 12.1 Å². The van der Waals surface area contributed by atoms with Crippen molar-refractivity contribution in [2.45, 2.75) is 62.6 Å². The molecule has 3 aromatic heterocycles. The van der Waals surface area contributed by atoms with Crippen molar-refractivity contribution in [3.05, 3.63) is 48.6 Å². The summed E-state index contributed by atoms with van der Waals surface area (Å²) >= 11 is 2.81. The molecule has 2 fully saturated rings. The molecule has 0 radical (unpaired) electrons. The highest BCUT2D eigenvalue weighted by Gasteiger charge is 2.54. The van der Waals surface area contributed by atoms with Gasteiger partial charge in [-0.15, -0.1) is 32.9 Å². The Labute approximate surface area is 244 Å². The van der Waals surface area contributed by atoms with E-state index >= 15 is 0 Å². The Kier molecular flexibility index (Phi) is 7.13. The molecule has 1 saturated heterocycles. The molecule has 12 nitrogen and oxygen atoms in total. The second kappa shape index (κ2) is 10.6. The zero-order chi connectivity index (χ0) is 28.9. The summed E-state index contributed by atoms with van der Waals surface area (Å²) in [6.07, 6.45) is 3.56. The van der Waals surface area contributed by atoms with Crippen molar-refractivity contribution in [3.8, 4) is 6.07 Å². The number of nitriles is 1. The van der Waals surface area contributed by atoms with Crippen molar-refractivity contribution in [2.24, 2.45) is 5.92 Å². The number of piperidine rings is 1. The summed E-state index contributed by atoms with van der Waals surface area (Å²) in [6.45, 7) is 2.11. The Balaban J connectivity index is 1.39. The number of likely N-dealkylation sites (tertiary alicyclic amines) is 1. The Morgan fingerprint density at radius 1 is 1.12 bits per heavy atom. The smallest absolute Gasteiger partial charge is 0.261 e. The summed E-state index contributed by atoms with van der Waals surface area (Å²) in [6, 6.07) is 5.78. The van der Waals surface area contributed by atoms with Crippen molar-refractivity contribution in [3.63, 3.8) is 0 Å². The van der Waals surface area contributed by atoms with E-state index in [2.05, 4.69) is 42.6 Å². The van der Waals surface area contributed by atoms with Gasteiger partial charge in [-0.05, 0) is 68.2 Å². The van der Waals surface area contributed by atoms with Gasteiger partial charge in [0, 0.05) is 35.9 Å². The lowest BCUT2D eigenvalue weighted by atomic mass is 9.76. The third-order valence-corrected chi connectivity index (χ3v) is 11.1. The van der Waals surface area contributed by atoms with Gasteiger partial charge in [-0.1, -0.05) is 5.21 Å². The first-order chi connectivity index (χ1) is 19.8. The van der Waals surface area contributed by atoms with Crippen LogP contribution in [0.4, 0.5) is 0 Å². The summed E-state index contributed by atoms with van der Waals surface area (Å²) < 4.78 is 0. The molecule has 3 amide bonds. The van der Waals surface area contributed by atoms with E-state index in [0.717, 1.165) is 33.7 Å². The average molecular weight is 594 g/mol. The van der Waals surface area contributed by atoms with E-state index in [1.165, 1.54) is 22.7 Å². The number of fused-ring (bicyclic) bond motifs is 3. The van der Waals surface area contributed by atoms with Gasteiger partial charge in [0.25, 0.3) is 11.8 Å². The summed E-state index contributed by atoms with van der Waals surface area (Å²) in [5, 5.41) is 33.9. The first-order valence-electron chi connectivity index (χ1n) is 13.7. The normalized spacial score (nSPS) is 22.5. The molecule has 14 heteroatoms. The predicted molar refractivity (Wildman–Crippen MR) is 152 cm³/mol. The van der Waals surface area contributed by atoms with Crippen molar-refractivity contribution in [2.75, 3.05) is 20.6 Å². The maximum Gasteiger partial charge on any atom is 0.261 e. The molecule has 0 aromatic carbocycles. The Morgan fingerprint density at radius 2 is 1.76 bits per heavy atom. The standard InChI is InChI=1S/C27H31N9O3S2/c1-13(31-12-21(37)36-17(11-28)6-16-7-18(16)36)10-27(26-32-34-35-33-26)22-14(8-19(40-22)24(38)29-2)4-5-15-9-20(25(39)30-3)41-23(15)27/h8-9,13,16-18,31H,4-7,10,12H2,1-3H3,(H,29,38)(H,30,39)(H,32,33,34,35)/t13-,16-,17+,18+/m1/s1. The van der Waals surface area contributed by atoms with Crippen molar-refractivity contribution in [1.82, 2.24) is 41.5 Å². The highest BCUT2D eigenvalue weighted by Crippen LogP contribution is 2.52. The number of amides is 3. The number of tetrazole rings is 1. The fourth-order valence-electron chi connectivity index (χ4n) is 6.43. The molecule has 4 heterocycles. The van der Waals surface area contributed by atoms with E-state index < -0.39 is 5.41 Å². The molecular formula is C27H31N9O3S2. The minimum Gasteiger partial charge on any atom is -0.354 e. The van der Waals surface area contributed by atoms with E-state index in [1.807, 2.05) is 19.1 Å². The lowest BCUT2D eigenvalue weighted by molar-refractivity contribution is -0.131. The number of aromatic amines is 1. The van der Waals surface area contributed by atoms with Crippen LogP contribution in [-0.2, 0) is 23.1 Å². The summed E-state index contributed by atoms with van der Waals surface area (Å²) in [5.41, 5.74) is 1.14. The van der Waals surface area contributed by atoms with Gasteiger partial charge >= 0.3 is 0 Å². The van der Waals surface area contributed by atoms with Crippen LogP contribution in [0.25, 0.3) is 0 Å². The third-order valence-electron chi connectivity index (χ3n) is 8.44. The summed E-state index contributed by atoms with van der Waals surface area (Å²) in [4.78, 5) is 43.5. The molecule has 2 aliphatic carbocycles. The molecule has 41 heavy (non-hydrogen) atoms. The molecule has 6 rings (SSSR count). The average Bonchev–Trinajstić information content (AvgIpc) is 3.48. The third kappa shape index (κ3) is 4.61. The van der Waals surface area contributed by atoms with Gasteiger partial charge in [-0.3, -0.25) is 14.4 Å². The van der Waals surface area contributed by atoms with Crippen LogP contribution in [0.3, 0.4) is 0 Å². The number of rotatable bonds is 8. The van der Waals surface area contributed by atoms with Crippen LogP contribution < -0.4 is 16.0 Å². The molecule has 3 aromatic rings. The lowest BCUT2D eigenvalue weighted by Gasteiger charge is -2.33. The van der Waals surface area contributed by atoms with E-state index in [4.69, 9.17) is 0 Å². The molecule has 0 unspecified atom stereocenters. The van der Waals surface area contributed by atoms with Gasteiger partial charge in [0.05, 0.1) is 22.4 Å². The lowest BCUT2D eigenvalue weighted by Crippen LogP contribution is -2.46. The number of aryl methyl sites for hydroxylation is 2. The second-order valence-corrected chi connectivity index (χ2v) is 13.1. The van der Waals surface area contributed by atoms with Crippen LogP contribution >= 0.6 is 22.7 Å². The van der Waals surface area contributed by atoms with E-state index in [1.54, 1.807) is 19.0 Å². The van der Waals surface area contributed by atoms with Crippen molar-refractivity contribution < 1.29 is 14.4 Å². The first kappa shape index (κ1) is 27.5. The van der Waals surface area contributed by atoms with Crippen LogP contribution in [0.1, 0.15) is 72.2 Å². The quantitative estimate of drug-likeness (QED) is 0.304. The Morgan fingerprint density at radius 3 is 2.29 bits per heavy atom. The minimum absolute atomic E-state index is 0.0692. The van der Waals surface area contributed by atoms with Crippen LogP contribution in [0.2, 0.25) is 0 Å². The molecule has 214 valence electrons. The van der Waals surface area contributed by atoms with Gasteiger partial charge < -0.3 is 20.9 Å². The number of aromatic nitrogens is 4. The Hall–Kier alpha value is -3.67. The van der Waals surface area contributed by atoms with Crippen molar-refractivity contribution in [1.29, 1.82) is 5.26 Å². The monoisotopic (exact) mass is 593 g/mol. The van der Waals surface area contributed by atoms with Crippen molar-refractivity contribution >= 4 is 40.4 Å².